The second-order valence-corrected chi connectivity index (χ2v) is 6.51. The first-order chi connectivity index (χ1) is 13.1. The van der Waals surface area contributed by atoms with E-state index in [2.05, 4.69) is 30.1 Å². The highest BCUT2D eigenvalue weighted by molar-refractivity contribution is 5.80. The molecule has 1 fully saturated rings. The van der Waals surface area contributed by atoms with E-state index in [-0.39, 0.29) is 12.0 Å². The molecule has 1 aromatic rings. The van der Waals surface area contributed by atoms with Crippen molar-refractivity contribution in [2.24, 2.45) is 4.99 Å². The van der Waals surface area contributed by atoms with Gasteiger partial charge in [0.15, 0.2) is 5.96 Å². The maximum absolute atomic E-state index is 11.9. The van der Waals surface area contributed by atoms with E-state index in [0.717, 1.165) is 36.9 Å². The van der Waals surface area contributed by atoms with Crippen molar-refractivity contribution in [2.75, 3.05) is 53.0 Å². The number of hydrogen-bond acceptors (Lipinski definition) is 4. The van der Waals surface area contributed by atoms with Crippen molar-refractivity contribution in [3.8, 4) is 5.75 Å². The third-order valence-electron chi connectivity index (χ3n) is 4.62. The largest absolute Gasteiger partial charge is 0.496 e. The molecule has 1 atom stereocenters. The van der Waals surface area contributed by atoms with E-state index in [1.165, 1.54) is 0 Å². The molecule has 0 spiro atoms. The van der Waals surface area contributed by atoms with Gasteiger partial charge in [-0.2, -0.15) is 0 Å². The number of methoxy groups -OCH3 is 1. The van der Waals surface area contributed by atoms with Gasteiger partial charge in [0.1, 0.15) is 5.75 Å². The topological polar surface area (TPSA) is 66.4 Å². The Balaban J connectivity index is 1.99. The van der Waals surface area contributed by atoms with Gasteiger partial charge in [0.25, 0.3) is 0 Å². The molecule has 27 heavy (non-hydrogen) atoms. The molecule has 0 bridgehead atoms. The smallest absolute Gasteiger partial charge is 0.409 e. The third-order valence-corrected chi connectivity index (χ3v) is 4.62. The highest BCUT2D eigenvalue weighted by Crippen LogP contribution is 2.26. The first-order valence-corrected chi connectivity index (χ1v) is 9.68. The molecule has 0 aliphatic carbocycles. The van der Waals surface area contributed by atoms with Gasteiger partial charge >= 0.3 is 6.09 Å². The summed E-state index contributed by atoms with van der Waals surface area (Å²) in [6, 6.07) is 8.07. The maximum Gasteiger partial charge on any atom is 0.409 e. The van der Waals surface area contributed by atoms with Gasteiger partial charge in [0.05, 0.1) is 13.7 Å². The summed E-state index contributed by atoms with van der Waals surface area (Å²) in [5, 5.41) is 3.37. The van der Waals surface area contributed by atoms with Gasteiger partial charge in [-0.3, -0.25) is 4.99 Å². The van der Waals surface area contributed by atoms with Gasteiger partial charge in [-0.15, -0.1) is 0 Å². The normalized spacial score (nSPS) is 16.1. The lowest BCUT2D eigenvalue weighted by Crippen LogP contribution is -2.54. The zero-order chi connectivity index (χ0) is 19.6. The second-order valence-electron chi connectivity index (χ2n) is 6.51. The van der Waals surface area contributed by atoms with Crippen molar-refractivity contribution in [2.45, 2.75) is 26.7 Å². The van der Waals surface area contributed by atoms with E-state index in [0.29, 0.717) is 26.2 Å². The Morgan fingerprint density at radius 2 is 1.85 bits per heavy atom. The zero-order valence-corrected chi connectivity index (χ0v) is 16.9. The van der Waals surface area contributed by atoms with Gasteiger partial charge in [-0.1, -0.05) is 25.1 Å². The Bertz CT molecular complexity index is 627. The van der Waals surface area contributed by atoms with Crippen LogP contribution in [-0.2, 0) is 4.74 Å². The minimum atomic E-state index is -0.233. The Labute approximate surface area is 162 Å². The Kier molecular flexibility index (Phi) is 8.23. The van der Waals surface area contributed by atoms with Crippen LogP contribution in [0.5, 0.6) is 5.75 Å². The summed E-state index contributed by atoms with van der Waals surface area (Å²) < 4.78 is 10.6. The van der Waals surface area contributed by atoms with Gasteiger partial charge in [-0.05, 0) is 25.5 Å². The van der Waals surface area contributed by atoms with Crippen LogP contribution in [0, 0.1) is 0 Å². The number of nitrogens with zero attached hydrogens (tertiary/aromatic N) is 3. The van der Waals surface area contributed by atoms with Crippen molar-refractivity contribution in [1.82, 2.24) is 15.1 Å². The SMILES string of the molecule is CCNC(=NCC(C)c1ccccc1OC)N1CCN(C(=O)OCC)CC1. The van der Waals surface area contributed by atoms with Crippen molar-refractivity contribution in [3.05, 3.63) is 29.8 Å². The number of nitrogens with one attached hydrogen (secondary N) is 1. The molecular formula is C20H32N4O3. The highest BCUT2D eigenvalue weighted by atomic mass is 16.6. The third kappa shape index (κ3) is 5.77. The van der Waals surface area contributed by atoms with Gasteiger partial charge in [-0.25, -0.2) is 4.79 Å². The van der Waals surface area contributed by atoms with Crippen molar-refractivity contribution >= 4 is 12.1 Å². The number of carbonyl (C=O) groups excluding carboxylic acids is 1. The molecule has 7 heteroatoms. The molecule has 1 saturated heterocycles. The van der Waals surface area contributed by atoms with Gasteiger partial charge in [0.2, 0.25) is 0 Å². The molecule has 0 saturated carbocycles. The molecule has 0 radical (unpaired) electrons. The number of guanidine groups is 1. The quantitative estimate of drug-likeness (QED) is 0.610. The fourth-order valence-corrected chi connectivity index (χ4v) is 3.14. The van der Waals surface area contributed by atoms with E-state index < -0.39 is 0 Å². The summed E-state index contributed by atoms with van der Waals surface area (Å²) in [5.41, 5.74) is 1.16. The number of hydrogen-bond donors (Lipinski definition) is 1. The number of benzene rings is 1. The van der Waals surface area contributed by atoms with Crippen LogP contribution in [-0.4, -0.2) is 74.8 Å². The first kappa shape index (κ1) is 20.9. The fourth-order valence-electron chi connectivity index (χ4n) is 3.14. The number of ether oxygens (including phenoxy) is 2. The molecular weight excluding hydrogens is 344 g/mol. The van der Waals surface area contributed by atoms with Gasteiger partial charge < -0.3 is 24.6 Å². The molecule has 1 unspecified atom stereocenters. The zero-order valence-electron chi connectivity index (χ0n) is 16.9. The molecule has 1 aliphatic heterocycles. The van der Waals surface area contributed by atoms with Crippen LogP contribution in [0.25, 0.3) is 0 Å². The van der Waals surface area contributed by atoms with Crippen molar-refractivity contribution in [3.63, 3.8) is 0 Å². The highest BCUT2D eigenvalue weighted by Gasteiger charge is 2.24. The number of amides is 1. The summed E-state index contributed by atoms with van der Waals surface area (Å²) >= 11 is 0. The molecule has 1 N–H and O–H groups in total. The second kappa shape index (κ2) is 10.6. The van der Waals surface area contributed by atoms with Crippen LogP contribution in [0.1, 0.15) is 32.3 Å². The number of piperazine rings is 1. The van der Waals surface area contributed by atoms with Crippen LogP contribution < -0.4 is 10.1 Å². The lowest BCUT2D eigenvalue weighted by molar-refractivity contribution is 0.0914. The molecule has 1 amide bonds. The lowest BCUT2D eigenvalue weighted by atomic mass is 10.0. The van der Waals surface area contributed by atoms with Crippen LogP contribution in [0.3, 0.4) is 0 Å². The molecule has 1 heterocycles. The predicted molar refractivity (Wildman–Crippen MR) is 108 cm³/mol. The van der Waals surface area contributed by atoms with Crippen LogP contribution in [0.4, 0.5) is 4.79 Å². The predicted octanol–water partition coefficient (Wildman–Crippen LogP) is 2.54. The average molecular weight is 377 g/mol. The average Bonchev–Trinajstić information content (AvgIpc) is 2.71. The molecule has 1 aromatic carbocycles. The molecule has 150 valence electrons. The summed E-state index contributed by atoms with van der Waals surface area (Å²) in [6.45, 7) is 10.7. The summed E-state index contributed by atoms with van der Waals surface area (Å²) in [4.78, 5) is 20.6. The Morgan fingerprint density at radius 3 is 2.48 bits per heavy atom. The molecule has 7 nitrogen and oxygen atoms in total. The molecule has 1 aliphatic rings. The van der Waals surface area contributed by atoms with Gasteiger partial charge in [0, 0.05) is 45.2 Å². The minimum absolute atomic E-state index is 0.233. The van der Waals surface area contributed by atoms with E-state index >= 15 is 0 Å². The standard InChI is InChI=1S/C20H32N4O3/c1-5-21-19(23-11-13-24(14-12-23)20(25)27-6-2)22-15-16(3)17-9-7-8-10-18(17)26-4/h7-10,16H,5-6,11-15H2,1-4H3,(H,21,22). The summed E-state index contributed by atoms with van der Waals surface area (Å²) in [7, 11) is 1.70. The fraction of sp³-hybridized carbons (Fsp3) is 0.600. The summed E-state index contributed by atoms with van der Waals surface area (Å²) in [6.07, 6.45) is -0.233. The summed E-state index contributed by atoms with van der Waals surface area (Å²) in [5.74, 6) is 2.03. The number of aliphatic imine (C=N–C) groups is 1. The Hall–Kier alpha value is -2.44. The van der Waals surface area contributed by atoms with Crippen molar-refractivity contribution in [1.29, 1.82) is 0 Å². The van der Waals surface area contributed by atoms with Crippen molar-refractivity contribution < 1.29 is 14.3 Å². The number of carbonyl (C=O) groups is 1. The molecule has 2 rings (SSSR count). The lowest BCUT2D eigenvalue weighted by Gasteiger charge is -2.36. The van der Waals surface area contributed by atoms with E-state index in [1.54, 1.807) is 12.0 Å². The van der Waals surface area contributed by atoms with E-state index in [9.17, 15) is 4.79 Å². The number of para-hydroxylation sites is 1. The van der Waals surface area contributed by atoms with Crippen LogP contribution >= 0.6 is 0 Å². The minimum Gasteiger partial charge on any atom is -0.496 e. The monoisotopic (exact) mass is 376 g/mol. The van der Waals surface area contributed by atoms with E-state index in [4.69, 9.17) is 14.5 Å². The number of rotatable bonds is 6. The van der Waals surface area contributed by atoms with Crippen LogP contribution in [0.2, 0.25) is 0 Å². The van der Waals surface area contributed by atoms with E-state index in [1.807, 2.05) is 25.1 Å². The first-order valence-electron chi connectivity index (χ1n) is 9.68. The Morgan fingerprint density at radius 1 is 1.19 bits per heavy atom. The maximum atomic E-state index is 11.9. The van der Waals surface area contributed by atoms with Crippen LogP contribution in [0.15, 0.2) is 29.3 Å². The molecule has 0 aromatic heterocycles.